The topological polar surface area (TPSA) is 75.6 Å². The number of rotatable bonds is 5. The van der Waals surface area contributed by atoms with Crippen molar-refractivity contribution >= 4 is 22.5 Å². The maximum Gasteiger partial charge on any atom is 0.247 e. The molecule has 4 rings (SSSR count). The molecular weight excluding hydrogens is 393 g/mol. The normalized spacial score (nSPS) is 11.3. The molecule has 0 fully saturated rings. The van der Waals surface area contributed by atoms with Gasteiger partial charge >= 0.3 is 0 Å². The number of nitrogens with zero attached hydrogens (tertiary/aromatic N) is 3. The van der Waals surface area contributed by atoms with Crippen LogP contribution in [0.2, 0.25) is 0 Å². The molecule has 7 heteroatoms. The Kier molecular flexibility index (Phi) is 5.19. The molecule has 0 aliphatic rings. The zero-order valence-corrected chi connectivity index (χ0v) is 18.0. The van der Waals surface area contributed by atoms with Crippen molar-refractivity contribution in [3.8, 4) is 22.5 Å². The van der Waals surface area contributed by atoms with Crippen LogP contribution in [0.1, 0.15) is 31.0 Å². The largest absolute Gasteiger partial charge is 0.322 e. The molecule has 4 aromatic rings. The maximum absolute atomic E-state index is 15.1. The van der Waals surface area contributed by atoms with Gasteiger partial charge in [-0.1, -0.05) is 12.6 Å². The van der Waals surface area contributed by atoms with E-state index in [1.165, 1.54) is 6.07 Å². The van der Waals surface area contributed by atoms with Crippen molar-refractivity contribution in [3.63, 3.8) is 0 Å². The van der Waals surface area contributed by atoms with Crippen LogP contribution >= 0.6 is 0 Å². The third-order valence-corrected chi connectivity index (χ3v) is 5.38. The van der Waals surface area contributed by atoms with Crippen molar-refractivity contribution in [1.82, 2.24) is 20.0 Å². The Labute approximate surface area is 179 Å². The predicted octanol–water partition coefficient (Wildman–Crippen LogP) is 5.55. The quantitative estimate of drug-likeness (QED) is 0.418. The number of carbonyl (C=O) groups is 1. The Morgan fingerprint density at radius 3 is 2.71 bits per heavy atom. The highest BCUT2D eigenvalue weighted by Gasteiger charge is 2.24. The number of anilines is 1. The van der Waals surface area contributed by atoms with Crippen molar-refractivity contribution in [1.29, 1.82) is 0 Å². The first-order valence-corrected chi connectivity index (χ1v) is 10.1. The van der Waals surface area contributed by atoms with Crippen molar-refractivity contribution in [2.45, 2.75) is 33.7 Å². The third kappa shape index (κ3) is 3.52. The zero-order chi connectivity index (χ0) is 22.3. The molecule has 31 heavy (non-hydrogen) atoms. The highest BCUT2D eigenvalue weighted by molar-refractivity contribution is 5.99. The summed E-state index contributed by atoms with van der Waals surface area (Å²) in [5, 5.41) is 15.6. The molecule has 158 valence electrons. The van der Waals surface area contributed by atoms with Crippen LogP contribution in [0.15, 0.2) is 49.2 Å². The summed E-state index contributed by atoms with van der Waals surface area (Å²) in [4.78, 5) is 11.5. The number of fused-ring (bicyclic) bond motifs is 1. The van der Waals surface area contributed by atoms with E-state index in [0.717, 1.165) is 39.4 Å². The molecule has 0 radical (unpaired) electrons. The van der Waals surface area contributed by atoms with E-state index >= 15 is 4.39 Å². The van der Waals surface area contributed by atoms with E-state index in [-0.39, 0.29) is 6.04 Å². The van der Waals surface area contributed by atoms with E-state index in [0.29, 0.717) is 16.9 Å². The molecule has 6 nitrogen and oxygen atoms in total. The number of amides is 1. The van der Waals surface area contributed by atoms with E-state index in [2.05, 4.69) is 42.9 Å². The number of H-pyrrole nitrogens is 1. The molecule has 0 aliphatic carbocycles. The number of hydrogen-bond acceptors (Lipinski definition) is 3. The summed E-state index contributed by atoms with van der Waals surface area (Å²) >= 11 is 0. The highest BCUT2D eigenvalue weighted by atomic mass is 19.1. The third-order valence-electron chi connectivity index (χ3n) is 5.38. The predicted molar refractivity (Wildman–Crippen MR) is 121 cm³/mol. The van der Waals surface area contributed by atoms with Gasteiger partial charge in [-0.25, -0.2) is 4.39 Å². The molecule has 0 atom stereocenters. The van der Waals surface area contributed by atoms with Crippen LogP contribution in [0.5, 0.6) is 0 Å². The first-order chi connectivity index (χ1) is 14.8. The number of nitrogens with one attached hydrogen (secondary N) is 2. The minimum Gasteiger partial charge on any atom is -0.322 e. The van der Waals surface area contributed by atoms with Gasteiger partial charge in [0.05, 0.1) is 23.1 Å². The number of halogens is 1. The Morgan fingerprint density at radius 1 is 1.26 bits per heavy atom. The summed E-state index contributed by atoms with van der Waals surface area (Å²) in [6, 6.07) is 8.72. The van der Waals surface area contributed by atoms with Gasteiger partial charge in [-0.05, 0) is 63.6 Å². The van der Waals surface area contributed by atoms with Crippen LogP contribution in [0.3, 0.4) is 0 Å². The molecule has 0 saturated heterocycles. The van der Waals surface area contributed by atoms with Gasteiger partial charge in [-0.2, -0.15) is 10.2 Å². The average Bonchev–Trinajstić information content (AvgIpc) is 3.33. The lowest BCUT2D eigenvalue weighted by molar-refractivity contribution is -0.111. The second-order valence-corrected chi connectivity index (χ2v) is 7.84. The number of aromatic amines is 1. The summed E-state index contributed by atoms with van der Waals surface area (Å²) < 4.78 is 17.0. The fourth-order valence-corrected chi connectivity index (χ4v) is 3.87. The van der Waals surface area contributed by atoms with Crippen LogP contribution in [0, 0.1) is 19.7 Å². The molecule has 0 spiro atoms. The second kappa shape index (κ2) is 7.83. The van der Waals surface area contributed by atoms with Crippen LogP contribution in [0.4, 0.5) is 10.1 Å². The number of aryl methyl sites for hydroxylation is 1. The minimum atomic E-state index is -0.455. The first kappa shape index (κ1) is 20.5. The summed E-state index contributed by atoms with van der Waals surface area (Å²) in [6.45, 7) is 11.5. The Balaban J connectivity index is 1.91. The Hall–Kier alpha value is -3.74. The number of benzene rings is 2. The summed E-state index contributed by atoms with van der Waals surface area (Å²) in [5.41, 5.74) is 6.21. The van der Waals surface area contributed by atoms with Crippen molar-refractivity contribution in [2.24, 2.45) is 0 Å². The van der Waals surface area contributed by atoms with Gasteiger partial charge in [0.2, 0.25) is 5.91 Å². The lowest BCUT2D eigenvalue weighted by Gasteiger charge is -2.14. The van der Waals surface area contributed by atoms with Crippen molar-refractivity contribution < 1.29 is 9.18 Å². The Bertz CT molecular complexity index is 1320. The van der Waals surface area contributed by atoms with Crippen molar-refractivity contribution in [3.05, 3.63) is 66.1 Å². The Morgan fingerprint density at radius 2 is 2.03 bits per heavy atom. The monoisotopic (exact) mass is 417 g/mol. The van der Waals surface area contributed by atoms with E-state index < -0.39 is 11.7 Å². The molecule has 0 aliphatic heterocycles. The van der Waals surface area contributed by atoms with Crippen LogP contribution in [0.25, 0.3) is 33.4 Å². The number of hydrogen-bond donors (Lipinski definition) is 2. The standard InChI is InChI=1S/C24H24FN5O/c1-6-21(31)27-16-8-9-17(19(25)11-16)23-15(5)24(30(29-23)13(2)3)22-14(4)7-10-20-18(22)12-26-28-20/h6-13H,1H2,2-5H3,(H,26,28)(H,27,31). The summed E-state index contributed by atoms with van der Waals surface area (Å²) in [5.74, 6) is -0.846. The van der Waals surface area contributed by atoms with E-state index in [4.69, 9.17) is 5.10 Å². The fraction of sp³-hybridized carbons (Fsp3) is 0.208. The first-order valence-electron chi connectivity index (χ1n) is 10.1. The lowest BCUT2D eigenvalue weighted by Crippen LogP contribution is -2.07. The smallest absolute Gasteiger partial charge is 0.247 e. The second-order valence-electron chi connectivity index (χ2n) is 7.84. The molecule has 1 amide bonds. The van der Waals surface area contributed by atoms with Crippen LogP contribution in [-0.4, -0.2) is 25.9 Å². The molecule has 0 bridgehead atoms. The SMILES string of the molecule is C=CC(=O)Nc1ccc(-c2nn(C(C)C)c(-c3c(C)ccc4[nH]ncc34)c2C)c(F)c1. The summed E-state index contributed by atoms with van der Waals surface area (Å²) in [7, 11) is 0. The number of carbonyl (C=O) groups excluding carboxylic acids is 1. The van der Waals surface area contributed by atoms with Gasteiger partial charge < -0.3 is 5.32 Å². The van der Waals surface area contributed by atoms with Crippen LogP contribution < -0.4 is 5.32 Å². The van der Waals surface area contributed by atoms with Gasteiger partial charge in [-0.15, -0.1) is 0 Å². The average molecular weight is 417 g/mol. The number of aromatic nitrogens is 4. The maximum atomic E-state index is 15.1. The van der Waals surface area contributed by atoms with Crippen molar-refractivity contribution in [2.75, 3.05) is 5.32 Å². The zero-order valence-electron chi connectivity index (χ0n) is 18.0. The minimum absolute atomic E-state index is 0.0678. The molecular formula is C24H24FN5O. The van der Waals surface area contributed by atoms with E-state index in [9.17, 15) is 4.79 Å². The fourth-order valence-electron chi connectivity index (χ4n) is 3.87. The molecule has 0 unspecified atom stereocenters. The summed E-state index contributed by atoms with van der Waals surface area (Å²) in [6.07, 6.45) is 2.96. The van der Waals surface area contributed by atoms with Gasteiger partial charge in [0, 0.05) is 33.8 Å². The molecule has 2 heterocycles. The molecule has 2 aromatic heterocycles. The molecule has 2 aromatic carbocycles. The lowest BCUT2D eigenvalue weighted by atomic mass is 9.96. The van der Waals surface area contributed by atoms with Gasteiger partial charge in [0.15, 0.2) is 0 Å². The van der Waals surface area contributed by atoms with E-state index in [1.807, 2.05) is 29.9 Å². The molecule has 0 saturated carbocycles. The molecule has 2 N–H and O–H groups in total. The van der Waals surface area contributed by atoms with Crippen LogP contribution in [-0.2, 0) is 4.79 Å². The van der Waals surface area contributed by atoms with E-state index in [1.54, 1.807) is 12.1 Å². The van der Waals surface area contributed by atoms with Gasteiger partial charge in [0.25, 0.3) is 0 Å². The van der Waals surface area contributed by atoms with Gasteiger partial charge in [0.1, 0.15) is 5.82 Å². The highest BCUT2D eigenvalue weighted by Crippen LogP contribution is 2.39. The van der Waals surface area contributed by atoms with Gasteiger partial charge in [-0.3, -0.25) is 14.6 Å².